The topological polar surface area (TPSA) is 132 Å². The summed E-state index contributed by atoms with van der Waals surface area (Å²) in [6, 6.07) is 8.13. The summed E-state index contributed by atoms with van der Waals surface area (Å²) < 4.78 is 26.1. The molecule has 0 aliphatic heterocycles. The van der Waals surface area contributed by atoms with E-state index in [2.05, 4.69) is 13.2 Å². The highest BCUT2D eigenvalue weighted by atomic mass is 16.6. The molecule has 0 atom stereocenters. The summed E-state index contributed by atoms with van der Waals surface area (Å²) in [5, 5.41) is 0. The van der Waals surface area contributed by atoms with Gasteiger partial charge in [-0.2, -0.15) is 0 Å². The maximum atomic E-state index is 12.5. The molecule has 2 aromatic carbocycles. The van der Waals surface area contributed by atoms with Crippen molar-refractivity contribution in [2.75, 3.05) is 0 Å². The summed E-state index contributed by atoms with van der Waals surface area (Å²) in [6.07, 6.45) is 7.73. The average molecular weight is 561 g/mol. The van der Waals surface area contributed by atoms with E-state index in [0.29, 0.717) is 5.56 Å². The Morgan fingerprint density at radius 1 is 0.585 bits per heavy atom. The molecule has 10 heteroatoms. The van der Waals surface area contributed by atoms with Crippen LogP contribution in [0.4, 0.5) is 0 Å². The minimum Gasteiger partial charge on any atom is -0.423 e. The highest BCUT2D eigenvalue weighted by Gasteiger charge is 2.17. The van der Waals surface area contributed by atoms with Gasteiger partial charge in [-0.25, -0.2) is 24.0 Å². The van der Waals surface area contributed by atoms with Gasteiger partial charge in [0.1, 0.15) is 5.75 Å². The molecule has 212 valence electrons. The molecule has 10 nitrogen and oxygen atoms in total. The van der Waals surface area contributed by atoms with Crippen LogP contribution < -0.4 is 23.7 Å². The van der Waals surface area contributed by atoms with Gasteiger partial charge in [-0.15, -0.1) is 0 Å². The second-order valence-electron chi connectivity index (χ2n) is 8.25. The molecule has 0 N–H and O–H groups in total. The molecule has 41 heavy (non-hydrogen) atoms. The summed E-state index contributed by atoms with van der Waals surface area (Å²) in [7, 11) is 0. The van der Waals surface area contributed by atoms with E-state index in [1.54, 1.807) is 13.8 Å². The summed E-state index contributed by atoms with van der Waals surface area (Å²) in [6.45, 7) is 13.2. The van der Waals surface area contributed by atoms with Gasteiger partial charge in [0.05, 0.1) is 0 Å². The highest BCUT2D eigenvalue weighted by molar-refractivity contribution is 5.92. The molecule has 0 unspecified atom stereocenters. The fourth-order valence-electron chi connectivity index (χ4n) is 2.75. The largest absolute Gasteiger partial charge is 0.423 e. The first-order valence-corrected chi connectivity index (χ1v) is 12.1. The lowest BCUT2D eigenvalue weighted by molar-refractivity contribution is -0.132. The van der Waals surface area contributed by atoms with Crippen LogP contribution in [0.3, 0.4) is 0 Å². The lowest BCUT2D eigenvalue weighted by Crippen LogP contribution is -2.12. The molecule has 0 spiro atoms. The number of esters is 5. The summed E-state index contributed by atoms with van der Waals surface area (Å²) >= 11 is 0. The van der Waals surface area contributed by atoms with Crippen LogP contribution in [-0.2, 0) is 24.0 Å². The van der Waals surface area contributed by atoms with Crippen molar-refractivity contribution in [2.45, 2.75) is 27.7 Å². The van der Waals surface area contributed by atoms with Crippen molar-refractivity contribution in [1.82, 2.24) is 0 Å². The number of ether oxygens (including phenoxy) is 5. The third kappa shape index (κ3) is 10.3. The van der Waals surface area contributed by atoms with Gasteiger partial charge < -0.3 is 23.7 Å². The van der Waals surface area contributed by atoms with Gasteiger partial charge in [-0.1, -0.05) is 31.4 Å². The molecular formula is C31H28O10. The standard InChI is InChI=1S/C31H28O10/c1-7-9-27(32)38-25-17-21(11-14-23(25)40-30(35)19(3)4)12-16-29(34)37-22-13-15-24(41-31(36)20(5)6)26(18-22)39-28(33)10-8-2/h7-18H,3,5H2,1-2,4,6H3/b9-7+,10-8+,16-12+. The zero-order chi connectivity index (χ0) is 30.5. The third-order valence-corrected chi connectivity index (χ3v) is 4.64. The number of benzene rings is 2. The van der Waals surface area contributed by atoms with Crippen LogP contribution in [0.2, 0.25) is 0 Å². The van der Waals surface area contributed by atoms with Gasteiger partial charge >= 0.3 is 29.8 Å². The van der Waals surface area contributed by atoms with Gasteiger partial charge in [0.25, 0.3) is 0 Å². The summed E-state index contributed by atoms with van der Waals surface area (Å²) in [4.78, 5) is 60.4. The first-order valence-electron chi connectivity index (χ1n) is 12.1. The molecule has 0 bridgehead atoms. The van der Waals surface area contributed by atoms with Crippen molar-refractivity contribution in [3.05, 3.63) is 96.6 Å². The van der Waals surface area contributed by atoms with Gasteiger partial charge in [0.2, 0.25) is 0 Å². The van der Waals surface area contributed by atoms with Crippen molar-refractivity contribution in [1.29, 1.82) is 0 Å². The molecule has 0 saturated carbocycles. The first kappa shape index (κ1) is 31.7. The Morgan fingerprint density at radius 2 is 1.05 bits per heavy atom. The Hall–Kier alpha value is -5.51. The van der Waals surface area contributed by atoms with Crippen LogP contribution in [0.25, 0.3) is 6.08 Å². The number of allylic oxidation sites excluding steroid dienone is 2. The smallest absolute Gasteiger partial charge is 0.338 e. The van der Waals surface area contributed by atoms with E-state index in [1.807, 2.05) is 0 Å². The molecule has 2 aromatic rings. The number of hydrogen-bond acceptors (Lipinski definition) is 10. The Kier molecular flexibility index (Phi) is 11.7. The Balaban J connectivity index is 2.28. The third-order valence-electron chi connectivity index (χ3n) is 4.64. The van der Waals surface area contributed by atoms with E-state index < -0.39 is 29.8 Å². The van der Waals surface area contributed by atoms with Crippen molar-refractivity contribution in [2.24, 2.45) is 0 Å². The fourth-order valence-corrected chi connectivity index (χ4v) is 2.75. The Morgan fingerprint density at radius 3 is 1.54 bits per heavy atom. The monoisotopic (exact) mass is 560 g/mol. The van der Waals surface area contributed by atoms with Crippen LogP contribution in [0.5, 0.6) is 28.7 Å². The molecule has 0 aromatic heterocycles. The van der Waals surface area contributed by atoms with Crippen molar-refractivity contribution >= 4 is 35.9 Å². The van der Waals surface area contributed by atoms with E-state index in [-0.39, 0.29) is 39.9 Å². The van der Waals surface area contributed by atoms with Gasteiger partial charge in [0, 0.05) is 35.4 Å². The molecule has 0 fully saturated rings. The number of carbonyl (C=O) groups excluding carboxylic acids is 5. The summed E-state index contributed by atoms with van der Waals surface area (Å²) in [5.74, 6) is -4.06. The predicted octanol–water partition coefficient (Wildman–Crippen LogP) is 5.23. The normalized spacial score (nSPS) is 10.8. The number of carbonyl (C=O) groups is 5. The number of hydrogen-bond donors (Lipinski definition) is 0. The van der Waals surface area contributed by atoms with Crippen molar-refractivity contribution in [3.8, 4) is 28.7 Å². The van der Waals surface area contributed by atoms with E-state index in [9.17, 15) is 24.0 Å². The molecule has 0 aliphatic carbocycles. The van der Waals surface area contributed by atoms with E-state index in [1.165, 1.54) is 74.5 Å². The fraction of sp³-hybridized carbons (Fsp3) is 0.129. The maximum Gasteiger partial charge on any atom is 0.338 e. The van der Waals surface area contributed by atoms with Gasteiger partial charge in [0.15, 0.2) is 23.0 Å². The van der Waals surface area contributed by atoms with Crippen LogP contribution >= 0.6 is 0 Å². The molecule has 0 saturated heterocycles. The van der Waals surface area contributed by atoms with Crippen LogP contribution in [0.15, 0.2) is 91.1 Å². The zero-order valence-electron chi connectivity index (χ0n) is 22.9. The number of rotatable bonds is 11. The lowest BCUT2D eigenvalue weighted by Gasteiger charge is -2.11. The zero-order valence-corrected chi connectivity index (χ0v) is 22.9. The maximum absolute atomic E-state index is 12.5. The first-order chi connectivity index (χ1) is 19.4. The molecule has 0 amide bonds. The van der Waals surface area contributed by atoms with Gasteiger partial charge in [-0.05, 0) is 63.6 Å². The van der Waals surface area contributed by atoms with E-state index in [4.69, 9.17) is 23.7 Å². The molecule has 2 rings (SSSR count). The van der Waals surface area contributed by atoms with Crippen LogP contribution in [0, 0.1) is 0 Å². The lowest BCUT2D eigenvalue weighted by atomic mass is 10.2. The highest BCUT2D eigenvalue weighted by Crippen LogP contribution is 2.33. The predicted molar refractivity (Wildman–Crippen MR) is 149 cm³/mol. The minimum absolute atomic E-state index is 0.0129. The van der Waals surface area contributed by atoms with E-state index in [0.717, 1.165) is 12.2 Å². The molecule has 0 aliphatic rings. The minimum atomic E-state index is -0.812. The van der Waals surface area contributed by atoms with E-state index >= 15 is 0 Å². The molecule has 0 radical (unpaired) electrons. The van der Waals surface area contributed by atoms with Crippen LogP contribution in [-0.4, -0.2) is 29.8 Å². The second-order valence-corrected chi connectivity index (χ2v) is 8.25. The van der Waals surface area contributed by atoms with Crippen molar-refractivity contribution < 1.29 is 47.7 Å². The summed E-state index contributed by atoms with van der Waals surface area (Å²) in [5.41, 5.74) is 0.672. The molecule has 0 heterocycles. The van der Waals surface area contributed by atoms with Gasteiger partial charge in [-0.3, -0.25) is 0 Å². The SMILES string of the molecule is C=C(C)C(=O)Oc1ccc(/C=C/C(=O)Oc2ccc(OC(=O)C(=C)C)c(OC(=O)/C=C/C)c2)cc1OC(=O)/C=C/C. The quantitative estimate of drug-likeness (QED) is 0.204. The Labute approximate surface area is 236 Å². The Bertz CT molecular complexity index is 1470. The van der Waals surface area contributed by atoms with Crippen LogP contribution in [0.1, 0.15) is 33.3 Å². The molecular weight excluding hydrogens is 532 g/mol. The average Bonchev–Trinajstić information content (AvgIpc) is 2.90. The second kappa shape index (κ2) is 15.2. The van der Waals surface area contributed by atoms with Crippen molar-refractivity contribution in [3.63, 3.8) is 0 Å².